The van der Waals surface area contributed by atoms with E-state index in [0.29, 0.717) is 10.4 Å². The highest BCUT2D eigenvalue weighted by Crippen LogP contribution is 2.30. The number of hydrogen-bond donors (Lipinski definition) is 3. The van der Waals surface area contributed by atoms with Crippen molar-refractivity contribution in [3.05, 3.63) is 105 Å². The van der Waals surface area contributed by atoms with Crippen LogP contribution in [0.5, 0.6) is 17.2 Å². The molecule has 0 unspecified atom stereocenters. The fourth-order valence-corrected chi connectivity index (χ4v) is 3.55. The molecule has 3 N–H and O–H groups in total. The number of halogens is 3. The predicted octanol–water partition coefficient (Wildman–Crippen LogP) is 4.73. The van der Waals surface area contributed by atoms with Gasteiger partial charge in [-0.05, 0) is 49.4 Å². The molecule has 1 amide bonds. The Balaban J connectivity index is 1.63. The number of nitrogens with zero attached hydrogens (tertiary/aromatic N) is 2. The van der Waals surface area contributed by atoms with Crippen molar-refractivity contribution in [2.75, 3.05) is 11.9 Å². The van der Waals surface area contributed by atoms with Gasteiger partial charge >= 0.3 is 0 Å². The molecule has 9 nitrogen and oxygen atoms in total. The van der Waals surface area contributed by atoms with Crippen molar-refractivity contribution >= 4 is 23.2 Å². The van der Waals surface area contributed by atoms with Crippen LogP contribution < -0.4 is 25.8 Å². The zero-order valence-electron chi connectivity index (χ0n) is 19.2. The molecule has 0 saturated heterocycles. The third kappa shape index (κ3) is 5.31. The number of amides is 1. The molecule has 190 valence electrons. The maximum atomic E-state index is 14.8. The number of anilines is 1. The first-order valence-corrected chi connectivity index (χ1v) is 11.2. The van der Waals surface area contributed by atoms with Crippen LogP contribution in [0.3, 0.4) is 0 Å². The Morgan fingerprint density at radius 2 is 1.76 bits per heavy atom. The first-order chi connectivity index (χ1) is 17.7. The van der Waals surface area contributed by atoms with Crippen molar-refractivity contribution in [1.29, 1.82) is 5.41 Å². The van der Waals surface area contributed by atoms with E-state index in [1.54, 1.807) is 6.92 Å². The normalized spacial score (nSPS) is 10.7. The SMILES string of the molecule is CCOc1ccn(-c2ccc(F)cc2)c(=O)c1C(=O)Nc1ccc(Oc2ccn(O)c(=N)c2Cl)c(F)c1. The van der Waals surface area contributed by atoms with Gasteiger partial charge in [0, 0.05) is 35.9 Å². The standard InChI is InChI=1S/C25H19ClF2N4O5/c1-2-36-19-9-11-31(16-6-3-14(27)4-7-16)25(34)21(19)24(33)30-15-5-8-18(17(28)13-15)37-20-10-12-32(35)23(29)22(20)26/h3-13,29,35H,2H2,1H3,(H,30,33). The van der Waals surface area contributed by atoms with E-state index in [4.69, 9.17) is 26.5 Å². The lowest BCUT2D eigenvalue weighted by molar-refractivity contribution is 0.102. The molecule has 0 aliphatic carbocycles. The number of aromatic nitrogens is 2. The summed E-state index contributed by atoms with van der Waals surface area (Å²) in [5, 5.41) is 19.3. The Morgan fingerprint density at radius 3 is 2.43 bits per heavy atom. The topological polar surface area (TPSA) is 119 Å². The van der Waals surface area contributed by atoms with Crippen molar-refractivity contribution in [2.24, 2.45) is 0 Å². The maximum Gasteiger partial charge on any atom is 0.271 e. The summed E-state index contributed by atoms with van der Waals surface area (Å²) < 4.78 is 40.5. The van der Waals surface area contributed by atoms with Crippen LogP contribution in [0.25, 0.3) is 5.69 Å². The minimum atomic E-state index is -0.872. The van der Waals surface area contributed by atoms with Gasteiger partial charge in [0.25, 0.3) is 11.5 Å². The van der Waals surface area contributed by atoms with Gasteiger partial charge in [0.2, 0.25) is 0 Å². The number of ether oxygens (including phenoxy) is 2. The summed E-state index contributed by atoms with van der Waals surface area (Å²) in [6, 6.07) is 11.3. The quantitative estimate of drug-likeness (QED) is 0.300. The van der Waals surface area contributed by atoms with Crippen LogP contribution in [0.2, 0.25) is 5.02 Å². The van der Waals surface area contributed by atoms with Gasteiger partial charge < -0.3 is 20.0 Å². The van der Waals surface area contributed by atoms with E-state index in [-0.39, 0.29) is 40.1 Å². The van der Waals surface area contributed by atoms with E-state index < -0.39 is 28.6 Å². The molecular formula is C25H19ClF2N4O5. The Bertz CT molecular complexity index is 1600. The average Bonchev–Trinajstić information content (AvgIpc) is 2.87. The smallest absolute Gasteiger partial charge is 0.271 e. The second-order valence-electron chi connectivity index (χ2n) is 7.53. The Labute approximate surface area is 213 Å². The van der Waals surface area contributed by atoms with Gasteiger partial charge in [-0.2, -0.15) is 4.73 Å². The van der Waals surface area contributed by atoms with Crippen molar-refractivity contribution in [1.82, 2.24) is 9.30 Å². The molecule has 0 spiro atoms. The average molecular weight is 529 g/mol. The van der Waals surface area contributed by atoms with E-state index in [1.165, 1.54) is 54.7 Å². The lowest BCUT2D eigenvalue weighted by atomic mass is 10.2. The molecule has 0 atom stereocenters. The number of rotatable bonds is 7. The van der Waals surface area contributed by atoms with E-state index in [2.05, 4.69) is 5.32 Å². The number of hydrogen-bond acceptors (Lipinski definition) is 6. The molecule has 0 radical (unpaired) electrons. The highest BCUT2D eigenvalue weighted by molar-refractivity contribution is 6.31. The Morgan fingerprint density at radius 1 is 1.05 bits per heavy atom. The van der Waals surface area contributed by atoms with Gasteiger partial charge in [-0.15, -0.1) is 0 Å². The number of pyridine rings is 2. The molecule has 37 heavy (non-hydrogen) atoms. The summed E-state index contributed by atoms with van der Waals surface area (Å²) >= 11 is 5.95. The molecule has 0 bridgehead atoms. The highest BCUT2D eigenvalue weighted by Gasteiger charge is 2.21. The third-order valence-corrected chi connectivity index (χ3v) is 5.48. The summed E-state index contributed by atoms with van der Waals surface area (Å²) in [5.41, 5.74) is -1.16. The second-order valence-corrected chi connectivity index (χ2v) is 7.91. The number of carbonyl (C=O) groups is 1. The summed E-state index contributed by atoms with van der Waals surface area (Å²) in [7, 11) is 0. The third-order valence-electron chi connectivity index (χ3n) is 5.12. The van der Waals surface area contributed by atoms with Crippen LogP contribution in [-0.2, 0) is 0 Å². The van der Waals surface area contributed by atoms with Gasteiger partial charge in [-0.25, -0.2) is 8.78 Å². The predicted molar refractivity (Wildman–Crippen MR) is 130 cm³/mol. The van der Waals surface area contributed by atoms with Crippen LogP contribution >= 0.6 is 11.6 Å². The van der Waals surface area contributed by atoms with Crippen molar-refractivity contribution in [3.63, 3.8) is 0 Å². The molecule has 0 aliphatic heterocycles. The zero-order chi connectivity index (χ0) is 26.7. The molecule has 2 aromatic heterocycles. The van der Waals surface area contributed by atoms with E-state index in [9.17, 15) is 23.6 Å². The van der Waals surface area contributed by atoms with Crippen LogP contribution in [0.1, 0.15) is 17.3 Å². The van der Waals surface area contributed by atoms with Crippen molar-refractivity contribution < 1.29 is 28.3 Å². The first kappa shape index (κ1) is 25.5. The largest absolute Gasteiger partial charge is 0.493 e. The van der Waals surface area contributed by atoms with Crippen molar-refractivity contribution in [3.8, 4) is 22.9 Å². The second kappa shape index (κ2) is 10.5. The van der Waals surface area contributed by atoms with E-state index in [0.717, 1.165) is 16.8 Å². The van der Waals surface area contributed by atoms with Gasteiger partial charge in [0.15, 0.2) is 22.8 Å². The molecule has 4 rings (SSSR count). The van der Waals surface area contributed by atoms with Crippen LogP contribution in [0.15, 0.2) is 71.8 Å². The molecule has 4 aromatic rings. The molecule has 2 aromatic carbocycles. The molecule has 0 fully saturated rings. The monoisotopic (exact) mass is 528 g/mol. The fourth-order valence-electron chi connectivity index (χ4n) is 3.36. The summed E-state index contributed by atoms with van der Waals surface area (Å²) in [6.45, 7) is 1.86. The lowest BCUT2D eigenvalue weighted by Crippen LogP contribution is -2.29. The first-order valence-electron chi connectivity index (χ1n) is 10.8. The van der Waals surface area contributed by atoms with Gasteiger partial charge in [0.05, 0.1) is 6.61 Å². The highest BCUT2D eigenvalue weighted by atomic mass is 35.5. The Hall–Kier alpha value is -4.64. The van der Waals surface area contributed by atoms with Gasteiger partial charge in [0.1, 0.15) is 22.2 Å². The Kier molecular flexibility index (Phi) is 7.25. The zero-order valence-corrected chi connectivity index (χ0v) is 19.9. The molecule has 0 saturated carbocycles. The van der Waals surface area contributed by atoms with E-state index >= 15 is 0 Å². The van der Waals surface area contributed by atoms with Crippen LogP contribution in [0.4, 0.5) is 14.5 Å². The fraction of sp³-hybridized carbons (Fsp3) is 0.0800. The summed E-state index contributed by atoms with van der Waals surface area (Å²) in [6.07, 6.45) is 2.50. The number of benzene rings is 2. The minimum absolute atomic E-state index is 0.0161. The summed E-state index contributed by atoms with van der Waals surface area (Å²) in [5.74, 6) is -2.52. The van der Waals surface area contributed by atoms with Crippen LogP contribution in [-0.4, -0.2) is 27.0 Å². The number of nitrogens with one attached hydrogen (secondary N) is 2. The van der Waals surface area contributed by atoms with Gasteiger partial charge in [-0.3, -0.25) is 19.6 Å². The molecule has 0 aliphatic rings. The van der Waals surface area contributed by atoms with Gasteiger partial charge in [-0.1, -0.05) is 11.6 Å². The van der Waals surface area contributed by atoms with Crippen LogP contribution in [0, 0.1) is 17.0 Å². The minimum Gasteiger partial charge on any atom is -0.493 e. The lowest BCUT2D eigenvalue weighted by Gasteiger charge is -2.14. The summed E-state index contributed by atoms with van der Waals surface area (Å²) in [4.78, 5) is 26.3. The van der Waals surface area contributed by atoms with Crippen molar-refractivity contribution in [2.45, 2.75) is 6.92 Å². The maximum absolute atomic E-state index is 14.8. The van der Waals surface area contributed by atoms with E-state index in [1.807, 2.05) is 0 Å². The number of carbonyl (C=O) groups excluding carboxylic acids is 1. The molecule has 2 heterocycles. The molecule has 12 heteroatoms. The molecular weight excluding hydrogens is 510 g/mol.